The summed E-state index contributed by atoms with van der Waals surface area (Å²) in [5.74, 6) is 0.0994. The van der Waals surface area contributed by atoms with Gasteiger partial charge in [0.1, 0.15) is 0 Å². The Morgan fingerprint density at radius 1 is 1.00 bits per heavy atom. The van der Waals surface area contributed by atoms with Crippen LogP contribution in [0.5, 0.6) is 0 Å². The number of pyridine rings is 1. The van der Waals surface area contributed by atoms with Crippen molar-refractivity contribution in [1.82, 2.24) is 4.98 Å². The van der Waals surface area contributed by atoms with Crippen LogP contribution in [0.15, 0.2) is 29.7 Å². The van der Waals surface area contributed by atoms with Gasteiger partial charge in [0.2, 0.25) is 0 Å². The highest BCUT2D eigenvalue weighted by Crippen LogP contribution is 2.10. The van der Waals surface area contributed by atoms with Gasteiger partial charge < -0.3 is 10.9 Å². The third-order valence-electron chi connectivity index (χ3n) is 3.57. The molecule has 0 amide bonds. The average molecular weight is 386 g/mol. The van der Waals surface area contributed by atoms with Crippen molar-refractivity contribution in [3.05, 3.63) is 30.1 Å². The van der Waals surface area contributed by atoms with Crippen LogP contribution in [0.3, 0.4) is 0 Å². The van der Waals surface area contributed by atoms with Gasteiger partial charge in [-0.2, -0.15) is 0 Å². The normalized spacial score (nSPS) is 11.0. The molecular formula is C18H32BrN3O. The van der Waals surface area contributed by atoms with E-state index in [2.05, 4.69) is 33.0 Å². The zero-order valence-corrected chi connectivity index (χ0v) is 16.0. The van der Waals surface area contributed by atoms with E-state index in [4.69, 9.17) is 10.9 Å². The van der Waals surface area contributed by atoms with Crippen LogP contribution in [0.4, 0.5) is 0 Å². The highest BCUT2D eigenvalue weighted by molar-refractivity contribution is 9.09. The number of hydrogen-bond acceptors (Lipinski definition) is 3. The van der Waals surface area contributed by atoms with Crippen LogP contribution in [0.1, 0.15) is 76.7 Å². The third-order valence-corrected chi connectivity index (χ3v) is 4.13. The summed E-state index contributed by atoms with van der Waals surface area (Å²) in [6.45, 7) is 2.28. The molecule has 0 saturated heterocycles. The SMILES string of the molecule is CCCCCCCCCCCCBr.NC(=NO)c1ccncc1. The largest absolute Gasteiger partial charge is 0.409 e. The molecule has 0 aliphatic rings. The number of rotatable bonds is 11. The highest BCUT2D eigenvalue weighted by Gasteiger charge is 1.94. The highest BCUT2D eigenvalue weighted by atomic mass is 79.9. The topological polar surface area (TPSA) is 71.5 Å². The molecule has 5 heteroatoms. The maximum absolute atomic E-state index is 8.23. The molecule has 0 bridgehead atoms. The number of amidine groups is 1. The summed E-state index contributed by atoms with van der Waals surface area (Å²) in [5, 5.41) is 12.2. The smallest absolute Gasteiger partial charge is 0.170 e. The van der Waals surface area contributed by atoms with Crippen LogP contribution in [-0.4, -0.2) is 21.4 Å². The van der Waals surface area contributed by atoms with Crippen LogP contribution >= 0.6 is 15.9 Å². The molecule has 1 rings (SSSR count). The maximum Gasteiger partial charge on any atom is 0.170 e. The van der Waals surface area contributed by atoms with Gasteiger partial charge in [-0.25, -0.2) is 0 Å². The molecule has 23 heavy (non-hydrogen) atoms. The standard InChI is InChI=1S/C12H25Br.C6H7N3O/c1-2-3-4-5-6-7-8-9-10-11-12-13;7-6(9-10)5-1-3-8-4-2-5/h2-12H2,1H3;1-4,10H,(H2,7,9). The molecule has 0 radical (unpaired) electrons. The van der Waals surface area contributed by atoms with Crippen molar-refractivity contribution >= 4 is 21.8 Å². The van der Waals surface area contributed by atoms with E-state index in [0.29, 0.717) is 5.56 Å². The van der Waals surface area contributed by atoms with Gasteiger partial charge in [0.15, 0.2) is 5.84 Å². The zero-order chi connectivity index (χ0) is 17.2. The number of aromatic nitrogens is 1. The zero-order valence-electron chi connectivity index (χ0n) is 14.4. The molecule has 0 aliphatic heterocycles. The molecule has 4 nitrogen and oxygen atoms in total. The number of halogens is 1. The summed E-state index contributed by atoms with van der Waals surface area (Å²) >= 11 is 3.46. The fourth-order valence-electron chi connectivity index (χ4n) is 2.16. The van der Waals surface area contributed by atoms with E-state index in [-0.39, 0.29) is 5.84 Å². The average Bonchev–Trinajstić information content (AvgIpc) is 2.61. The molecule has 0 unspecified atom stereocenters. The summed E-state index contributed by atoms with van der Waals surface area (Å²) in [5.41, 5.74) is 5.93. The molecule has 1 aromatic rings. The van der Waals surface area contributed by atoms with E-state index in [9.17, 15) is 0 Å². The first-order valence-electron chi connectivity index (χ1n) is 8.70. The predicted molar refractivity (Wildman–Crippen MR) is 102 cm³/mol. The Hall–Kier alpha value is -1.10. The molecule has 3 N–H and O–H groups in total. The van der Waals surface area contributed by atoms with Crippen LogP contribution in [0.25, 0.3) is 0 Å². The molecule has 0 aromatic carbocycles. The Morgan fingerprint density at radius 2 is 1.48 bits per heavy atom. The van der Waals surface area contributed by atoms with Gasteiger partial charge in [-0.3, -0.25) is 4.98 Å². The Morgan fingerprint density at radius 3 is 1.91 bits per heavy atom. The van der Waals surface area contributed by atoms with Crippen LogP contribution < -0.4 is 5.73 Å². The third kappa shape index (κ3) is 14.2. The molecular weight excluding hydrogens is 354 g/mol. The lowest BCUT2D eigenvalue weighted by Gasteiger charge is -2.00. The number of alkyl halides is 1. The molecule has 0 spiro atoms. The van der Waals surface area contributed by atoms with E-state index in [1.807, 2.05) is 0 Å². The maximum atomic E-state index is 8.23. The first-order valence-corrected chi connectivity index (χ1v) is 9.82. The molecule has 0 saturated carbocycles. The van der Waals surface area contributed by atoms with E-state index < -0.39 is 0 Å². The van der Waals surface area contributed by atoms with Crippen molar-refractivity contribution in [2.24, 2.45) is 10.9 Å². The molecule has 0 fully saturated rings. The van der Waals surface area contributed by atoms with E-state index in [0.717, 1.165) is 0 Å². The fourth-order valence-corrected chi connectivity index (χ4v) is 2.56. The van der Waals surface area contributed by atoms with E-state index in [1.165, 1.54) is 69.5 Å². The lowest BCUT2D eigenvalue weighted by atomic mass is 10.1. The monoisotopic (exact) mass is 385 g/mol. The van der Waals surface area contributed by atoms with Crippen molar-refractivity contribution in [1.29, 1.82) is 0 Å². The van der Waals surface area contributed by atoms with Crippen molar-refractivity contribution in [3.8, 4) is 0 Å². The quantitative estimate of drug-likeness (QED) is 0.132. The molecule has 0 aliphatic carbocycles. The van der Waals surface area contributed by atoms with Gasteiger partial charge in [0.25, 0.3) is 0 Å². The van der Waals surface area contributed by atoms with Crippen molar-refractivity contribution in [2.75, 3.05) is 5.33 Å². The van der Waals surface area contributed by atoms with Crippen molar-refractivity contribution in [3.63, 3.8) is 0 Å². The minimum Gasteiger partial charge on any atom is -0.409 e. The Balaban J connectivity index is 0.000000433. The Kier molecular flexibility index (Phi) is 16.4. The number of oxime groups is 1. The summed E-state index contributed by atoms with van der Waals surface area (Å²) < 4.78 is 0. The Labute approximate surface area is 149 Å². The lowest BCUT2D eigenvalue weighted by molar-refractivity contribution is 0.318. The Bertz CT molecular complexity index is 375. The minimum absolute atomic E-state index is 0.0994. The van der Waals surface area contributed by atoms with Gasteiger partial charge in [0, 0.05) is 23.3 Å². The first kappa shape index (κ1) is 21.9. The number of unbranched alkanes of at least 4 members (excludes halogenated alkanes) is 9. The van der Waals surface area contributed by atoms with Gasteiger partial charge >= 0.3 is 0 Å². The van der Waals surface area contributed by atoms with Gasteiger partial charge in [-0.1, -0.05) is 85.8 Å². The van der Waals surface area contributed by atoms with Gasteiger partial charge in [0.05, 0.1) is 0 Å². The second-order valence-electron chi connectivity index (χ2n) is 5.59. The second-order valence-corrected chi connectivity index (χ2v) is 6.39. The first-order chi connectivity index (χ1) is 11.3. The van der Waals surface area contributed by atoms with Crippen molar-refractivity contribution < 1.29 is 5.21 Å². The number of nitrogens with two attached hydrogens (primary N) is 1. The fraction of sp³-hybridized carbons (Fsp3) is 0.667. The second kappa shape index (κ2) is 17.3. The lowest BCUT2D eigenvalue weighted by Crippen LogP contribution is -2.12. The molecule has 1 aromatic heterocycles. The van der Waals surface area contributed by atoms with Crippen LogP contribution in [-0.2, 0) is 0 Å². The summed E-state index contributed by atoms with van der Waals surface area (Å²) in [6, 6.07) is 3.32. The van der Waals surface area contributed by atoms with Gasteiger partial charge in [-0.05, 0) is 18.6 Å². The summed E-state index contributed by atoms with van der Waals surface area (Å²) in [7, 11) is 0. The van der Waals surface area contributed by atoms with Crippen LogP contribution in [0.2, 0.25) is 0 Å². The predicted octanol–water partition coefficient (Wildman–Crippen LogP) is 5.48. The summed E-state index contributed by atoms with van der Waals surface area (Å²) in [6.07, 6.45) is 17.5. The summed E-state index contributed by atoms with van der Waals surface area (Å²) in [4.78, 5) is 3.77. The molecule has 1 heterocycles. The number of hydrogen-bond donors (Lipinski definition) is 2. The van der Waals surface area contributed by atoms with E-state index in [1.54, 1.807) is 24.5 Å². The minimum atomic E-state index is 0.0994. The van der Waals surface area contributed by atoms with Crippen LogP contribution in [0, 0.1) is 0 Å². The number of nitrogens with zero attached hydrogens (tertiary/aromatic N) is 2. The van der Waals surface area contributed by atoms with Crippen molar-refractivity contribution in [2.45, 2.75) is 71.1 Å². The van der Waals surface area contributed by atoms with E-state index >= 15 is 0 Å². The molecule has 132 valence electrons. The van der Waals surface area contributed by atoms with Gasteiger partial charge in [-0.15, -0.1) is 0 Å². The molecule has 0 atom stereocenters.